The van der Waals surface area contributed by atoms with Crippen LogP contribution in [-0.2, 0) is 9.47 Å². The fraction of sp³-hybridized carbons (Fsp3) is 0.565. The molecular formula is C23H29N3O3. The molecule has 5 rings (SSSR count). The quantitative estimate of drug-likeness (QED) is 0.800. The zero-order valence-corrected chi connectivity index (χ0v) is 16.9. The molecule has 0 bridgehead atoms. The molecule has 0 N–H and O–H groups in total. The molecule has 154 valence electrons. The van der Waals surface area contributed by atoms with Gasteiger partial charge in [-0.2, -0.15) is 0 Å². The van der Waals surface area contributed by atoms with Crippen LogP contribution in [-0.4, -0.2) is 78.8 Å². The SMILES string of the molecule is O=C(c1cccc2ncccc12)N1CCCC2(CC(CN3CCOCC3)CO2)C1. The van der Waals surface area contributed by atoms with E-state index in [-0.39, 0.29) is 11.5 Å². The molecule has 2 atom stereocenters. The molecular weight excluding hydrogens is 366 g/mol. The predicted octanol–water partition coefficient (Wildman–Crippen LogP) is 2.58. The molecule has 3 aliphatic heterocycles. The molecule has 2 aromatic rings. The minimum Gasteiger partial charge on any atom is -0.379 e. The summed E-state index contributed by atoms with van der Waals surface area (Å²) < 4.78 is 11.8. The number of hydrogen-bond acceptors (Lipinski definition) is 5. The Morgan fingerprint density at radius 1 is 1.17 bits per heavy atom. The summed E-state index contributed by atoms with van der Waals surface area (Å²) in [4.78, 5) is 22.3. The highest BCUT2D eigenvalue weighted by Crippen LogP contribution is 2.38. The molecule has 0 saturated carbocycles. The Labute approximate surface area is 171 Å². The number of benzene rings is 1. The molecule has 1 spiro atoms. The third-order valence-electron chi connectivity index (χ3n) is 6.61. The first-order valence-corrected chi connectivity index (χ1v) is 10.8. The van der Waals surface area contributed by atoms with Crippen molar-refractivity contribution in [2.75, 3.05) is 52.5 Å². The molecule has 29 heavy (non-hydrogen) atoms. The number of amides is 1. The number of carbonyl (C=O) groups excluding carboxylic acids is 1. The van der Waals surface area contributed by atoms with Gasteiger partial charge < -0.3 is 14.4 Å². The van der Waals surface area contributed by atoms with E-state index in [1.807, 2.05) is 35.2 Å². The lowest BCUT2D eigenvalue weighted by Crippen LogP contribution is -2.50. The van der Waals surface area contributed by atoms with Gasteiger partial charge in [-0.25, -0.2) is 0 Å². The average Bonchev–Trinajstić information content (AvgIpc) is 3.15. The summed E-state index contributed by atoms with van der Waals surface area (Å²) in [5.74, 6) is 0.646. The van der Waals surface area contributed by atoms with Gasteiger partial charge in [0.05, 0.1) is 30.9 Å². The van der Waals surface area contributed by atoms with Crippen LogP contribution in [0.3, 0.4) is 0 Å². The van der Waals surface area contributed by atoms with Crippen LogP contribution in [0.1, 0.15) is 29.6 Å². The van der Waals surface area contributed by atoms with E-state index in [1.165, 1.54) is 0 Å². The van der Waals surface area contributed by atoms with Crippen molar-refractivity contribution in [3.05, 3.63) is 42.1 Å². The number of carbonyl (C=O) groups is 1. The van der Waals surface area contributed by atoms with Crippen molar-refractivity contribution < 1.29 is 14.3 Å². The number of fused-ring (bicyclic) bond motifs is 1. The molecule has 0 aliphatic carbocycles. The maximum Gasteiger partial charge on any atom is 0.254 e. The highest BCUT2D eigenvalue weighted by molar-refractivity contribution is 6.06. The Morgan fingerprint density at radius 3 is 2.97 bits per heavy atom. The first-order chi connectivity index (χ1) is 14.2. The molecule has 1 aromatic carbocycles. The van der Waals surface area contributed by atoms with Gasteiger partial charge in [0.2, 0.25) is 0 Å². The van der Waals surface area contributed by atoms with E-state index in [1.54, 1.807) is 6.20 Å². The molecule has 1 aromatic heterocycles. The summed E-state index contributed by atoms with van der Waals surface area (Å²) in [7, 11) is 0. The number of rotatable bonds is 3. The molecule has 3 aliphatic rings. The zero-order chi connectivity index (χ0) is 19.7. The number of aromatic nitrogens is 1. The van der Waals surface area contributed by atoms with Crippen molar-refractivity contribution in [1.29, 1.82) is 0 Å². The molecule has 6 heteroatoms. The van der Waals surface area contributed by atoms with Gasteiger partial charge in [-0.05, 0) is 43.4 Å². The van der Waals surface area contributed by atoms with E-state index in [4.69, 9.17) is 9.47 Å². The third kappa shape index (κ3) is 3.89. The lowest BCUT2D eigenvalue weighted by Gasteiger charge is -2.40. The van der Waals surface area contributed by atoms with Crippen LogP contribution in [0.4, 0.5) is 0 Å². The lowest BCUT2D eigenvalue weighted by molar-refractivity contribution is -0.0451. The second-order valence-corrected chi connectivity index (χ2v) is 8.68. The van der Waals surface area contributed by atoms with Gasteiger partial charge in [0.15, 0.2) is 0 Å². The molecule has 0 radical (unpaired) electrons. The Kier molecular flexibility index (Phi) is 5.24. The van der Waals surface area contributed by atoms with Crippen LogP contribution >= 0.6 is 0 Å². The summed E-state index contributed by atoms with van der Waals surface area (Å²) in [6, 6.07) is 9.68. The number of nitrogens with zero attached hydrogens (tertiary/aromatic N) is 3. The molecule has 3 saturated heterocycles. The van der Waals surface area contributed by atoms with Crippen molar-refractivity contribution in [3.8, 4) is 0 Å². The van der Waals surface area contributed by atoms with Gasteiger partial charge in [0.1, 0.15) is 0 Å². The summed E-state index contributed by atoms with van der Waals surface area (Å²) in [6.45, 7) is 7.08. The Hall–Kier alpha value is -2.02. The number of piperidine rings is 1. The summed E-state index contributed by atoms with van der Waals surface area (Å²) >= 11 is 0. The number of likely N-dealkylation sites (tertiary alicyclic amines) is 1. The number of hydrogen-bond donors (Lipinski definition) is 0. The van der Waals surface area contributed by atoms with E-state index in [2.05, 4.69) is 9.88 Å². The van der Waals surface area contributed by atoms with Gasteiger partial charge in [0.25, 0.3) is 5.91 Å². The van der Waals surface area contributed by atoms with Crippen molar-refractivity contribution in [2.24, 2.45) is 5.92 Å². The Bertz CT molecular complexity index is 877. The Morgan fingerprint density at radius 2 is 2.07 bits per heavy atom. The maximum absolute atomic E-state index is 13.4. The normalized spacial score (nSPS) is 28.3. The largest absolute Gasteiger partial charge is 0.379 e. The van der Waals surface area contributed by atoms with E-state index in [9.17, 15) is 4.79 Å². The van der Waals surface area contributed by atoms with E-state index >= 15 is 0 Å². The van der Waals surface area contributed by atoms with E-state index in [0.717, 1.165) is 81.7 Å². The summed E-state index contributed by atoms with van der Waals surface area (Å²) in [5, 5.41) is 0.928. The smallest absolute Gasteiger partial charge is 0.254 e. The van der Waals surface area contributed by atoms with Gasteiger partial charge in [0, 0.05) is 49.9 Å². The average molecular weight is 396 g/mol. The van der Waals surface area contributed by atoms with Crippen LogP contribution in [0.2, 0.25) is 0 Å². The van der Waals surface area contributed by atoms with Crippen LogP contribution in [0.15, 0.2) is 36.5 Å². The van der Waals surface area contributed by atoms with Crippen molar-refractivity contribution >= 4 is 16.8 Å². The standard InChI is InChI=1S/C23H29N3O3/c27-22(20-4-1-6-21-19(20)5-2-8-24-21)26-9-3-7-23(17-26)14-18(16-29-23)15-25-10-12-28-13-11-25/h1-2,4-6,8,18H,3,7,9-17H2. The monoisotopic (exact) mass is 395 g/mol. The molecule has 1 amide bonds. The number of ether oxygens (including phenoxy) is 2. The van der Waals surface area contributed by atoms with Gasteiger partial charge in [-0.3, -0.25) is 14.7 Å². The van der Waals surface area contributed by atoms with Crippen LogP contribution in [0.25, 0.3) is 10.9 Å². The summed E-state index contributed by atoms with van der Waals surface area (Å²) in [5.41, 5.74) is 1.44. The Balaban J connectivity index is 1.28. The van der Waals surface area contributed by atoms with Crippen molar-refractivity contribution in [1.82, 2.24) is 14.8 Å². The molecule has 2 unspecified atom stereocenters. The highest BCUT2D eigenvalue weighted by Gasteiger charge is 2.45. The van der Waals surface area contributed by atoms with Crippen LogP contribution in [0, 0.1) is 5.92 Å². The zero-order valence-electron chi connectivity index (χ0n) is 16.9. The number of pyridine rings is 1. The van der Waals surface area contributed by atoms with E-state index in [0.29, 0.717) is 12.5 Å². The molecule has 4 heterocycles. The predicted molar refractivity (Wildman–Crippen MR) is 111 cm³/mol. The fourth-order valence-corrected chi connectivity index (χ4v) is 5.22. The summed E-state index contributed by atoms with van der Waals surface area (Å²) in [6.07, 6.45) is 4.87. The van der Waals surface area contributed by atoms with Crippen LogP contribution in [0.5, 0.6) is 0 Å². The molecule has 6 nitrogen and oxygen atoms in total. The van der Waals surface area contributed by atoms with E-state index < -0.39 is 0 Å². The fourth-order valence-electron chi connectivity index (χ4n) is 5.22. The van der Waals surface area contributed by atoms with Crippen LogP contribution < -0.4 is 0 Å². The molecule has 3 fully saturated rings. The first-order valence-electron chi connectivity index (χ1n) is 10.8. The topological polar surface area (TPSA) is 54.9 Å². The second-order valence-electron chi connectivity index (χ2n) is 8.68. The maximum atomic E-state index is 13.4. The minimum atomic E-state index is -0.173. The van der Waals surface area contributed by atoms with Gasteiger partial charge in [-0.1, -0.05) is 12.1 Å². The second kappa shape index (κ2) is 8.01. The lowest BCUT2D eigenvalue weighted by atomic mass is 9.86. The first kappa shape index (κ1) is 19.0. The highest BCUT2D eigenvalue weighted by atomic mass is 16.5. The van der Waals surface area contributed by atoms with Crippen molar-refractivity contribution in [2.45, 2.75) is 24.9 Å². The van der Waals surface area contributed by atoms with Gasteiger partial charge >= 0.3 is 0 Å². The number of morpholine rings is 1. The third-order valence-corrected chi connectivity index (χ3v) is 6.61. The minimum absolute atomic E-state index is 0.0999. The van der Waals surface area contributed by atoms with Crippen molar-refractivity contribution in [3.63, 3.8) is 0 Å². The van der Waals surface area contributed by atoms with Gasteiger partial charge in [-0.15, -0.1) is 0 Å².